The summed E-state index contributed by atoms with van der Waals surface area (Å²) >= 11 is 1.96. The molecule has 2 aliphatic heterocycles. The fourth-order valence-electron chi connectivity index (χ4n) is 3.07. The fraction of sp³-hybridized carbons (Fsp3) is 0.600. The third kappa shape index (κ3) is 2.58. The van der Waals surface area contributed by atoms with Crippen molar-refractivity contribution < 1.29 is 4.74 Å². The van der Waals surface area contributed by atoms with E-state index in [4.69, 9.17) is 10.5 Å². The van der Waals surface area contributed by atoms with Gasteiger partial charge in [0.15, 0.2) is 0 Å². The third-order valence-corrected chi connectivity index (χ3v) is 5.41. The number of benzene rings is 1. The predicted molar refractivity (Wildman–Crippen MR) is 76.0 cm³/mol. The van der Waals surface area contributed by atoms with Crippen molar-refractivity contribution in [2.45, 2.75) is 36.1 Å². The molecule has 1 aromatic carbocycles. The zero-order chi connectivity index (χ0) is 12.4. The summed E-state index contributed by atoms with van der Waals surface area (Å²) in [5.41, 5.74) is 7.94. The van der Waals surface area contributed by atoms with E-state index in [0.29, 0.717) is 12.0 Å². The molecule has 0 aliphatic carbocycles. The number of hydrogen-bond donors (Lipinski definition) is 1. The molecule has 1 fully saturated rings. The van der Waals surface area contributed by atoms with Gasteiger partial charge in [-0.25, -0.2) is 0 Å². The summed E-state index contributed by atoms with van der Waals surface area (Å²) in [6, 6.07) is 9.05. The second-order valence-corrected chi connectivity index (χ2v) is 6.47. The van der Waals surface area contributed by atoms with Crippen LogP contribution in [0.15, 0.2) is 29.2 Å². The average molecular weight is 263 g/mol. The fourth-order valence-corrected chi connectivity index (χ4v) is 4.42. The predicted octanol–water partition coefficient (Wildman–Crippen LogP) is 3.02. The van der Waals surface area contributed by atoms with Crippen molar-refractivity contribution in [1.82, 2.24) is 0 Å². The van der Waals surface area contributed by atoms with Gasteiger partial charge >= 0.3 is 0 Å². The monoisotopic (exact) mass is 263 g/mol. The molecule has 1 aromatic rings. The van der Waals surface area contributed by atoms with Crippen LogP contribution in [0.25, 0.3) is 0 Å². The van der Waals surface area contributed by atoms with E-state index in [0.717, 1.165) is 31.3 Å². The van der Waals surface area contributed by atoms with E-state index in [1.165, 1.54) is 23.3 Å². The lowest BCUT2D eigenvalue weighted by molar-refractivity contribution is 0.0612. The Morgan fingerprint density at radius 1 is 1.28 bits per heavy atom. The van der Waals surface area contributed by atoms with Gasteiger partial charge in [-0.05, 0) is 36.8 Å². The van der Waals surface area contributed by atoms with Crippen molar-refractivity contribution in [3.05, 3.63) is 29.8 Å². The lowest BCUT2D eigenvalue weighted by Crippen LogP contribution is -2.32. The first-order chi connectivity index (χ1) is 8.84. The summed E-state index contributed by atoms with van der Waals surface area (Å²) in [7, 11) is 0. The SMILES string of the molecule is NC(CC1CCOCC1)C1CSc2ccccc21. The van der Waals surface area contributed by atoms with Crippen molar-refractivity contribution in [3.63, 3.8) is 0 Å². The van der Waals surface area contributed by atoms with E-state index in [2.05, 4.69) is 24.3 Å². The van der Waals surface area contributed by atoms with Gasteiger partial charge in [-0.15, -0.1) is 11.8 Å². The molecular formula is C15H21NOS. The molecule has 2 atom stereocenters. The molecule has 3 rings (SSSR count). The molecule has 2 aliphatic rings. The standard InChI is InChI=1S/C15H21NOS/c16-14(9-11-5-7-17-8-6-11)13-10-18-15-4-2-1-3-12(13)15/h1-4,11,13-14H,5-10,16H2. The highest BCUT2D eigenvalue weighted by molar-refractivity contribution is 7.99. The van der Waals surface area contributed by atoms with E-state index in [-0.39, 0.29) is 0 Å². The highest BCUT2D eigenvalue weighted by Crippen LogP contribution is 2.42. The zero-order valence-corrected chi connectivity index (χ0v) is 11.5. The molecule has 2 unspecified atom stereocenters. The third-order valence-electron chi connectivity index (χ3n) is 4.20. The second kappa shape index (κ2) is 5.64. The first-order valence-corrected chi connectivity index (χ1v) is 7.88. The molecule has 2 heterocycles. The Morgan fingerprint density at radius 3 is 2.89 bits per heavy atom. The number of nitrogens with two attached hydrogens (primary N) is 1. The zero-order valence-electron chi connectivity index (χ0n) is 10.7. The van der Waals surface area contributed by atoms with E-state index >= 15 is 0 Å². The normalized spacial score (nSPS) is 25.9. The van der Waals surface area contributed by atoms with Crippen LogP contribution in [0.3, 0.4) is 0 Å². The first kappa shape index (κ1) is 12.5. The van der Waals surface area contributed by atoms with Gasteiger partial charge in [0.2, 0.25) is 0 Å². The maximum absolute atomic E-state index is 6.47. The van der Waals surface area contributed by atoms with Gasteiger partial charge in [-0.2, -0.15) is 0 Å². The van der Waals surface area contributed by atoms with Gasteiger partial charge in [0, 0.05) is 35.8 Å². The number of hydrogen-bond acceptors (Lipinski definition) is 3. The van der Waals surface area contributed by atoms with Crippen LogP contribution >= 0.6 is 11.8 Å². The van der Waals surface area contributed by atoms with Crippen LogP contribution in [0, 0.1) is 5.92 Å². The van der Waals surface area contributed by atoms with Gasteiger partial charge in [0.1, 0.15) is 0 Å². The molecule has 2 nitrogen and oxygen atoms in total. The van der Waals surface area contributed by atoms with E-state index < -0.39 is 0 Å². The van der Waals surface area contributed by atoms with E-state index in [9.17, 15) is 0 Å². The van der Waals surface area contributed by atoms with Crippen LogP contribution in [0.2, 0.25) is 0 Å². The summed E-state index contributed by atoms with van der Waals surface area (Å²) in [6.45, 7) is 1.85. The lowest BCUT2D eigenvalue weighted by Gasteiger charge is -2.27. The molecular weight excluding hydrogens is 242 g/mol. The highest BCUT2D eigenvalue weighted by Gasteiger charge is 2.29. The van der Waals surface area contributed by atoms with Crippen LogP contribution < -0.4 is 5.73 Å². The van der Waals surface area contributed by atoms with Crippen LogP contribution in [0.4, 0.5) is 0 Å². The maximum atomic E-state index is 6.47. The van der Waals surface area contributed by atoms with Crippen molar-refractivity contribution in [1.29, 1.82) is 0 Å². The number of thioether (sulfide) groups is 1. The van der Waals surface area contributed by atoms with Gasteiger partial charge in [0.25, 0.3) is 0 Å². The quantitative estimate of drug-likeness (QED) is 0.910. The van der Waals surface area contributed by atoms with Crippen molar-refractivity contribution >= 4 is 11.8 Å². The topological polar surface area (TPSA) is 35.2 Å². The molecule has 0 aromatic heterocycles. The van der Waals surface area contributed by atoms with Crippen LogP contribution in [-0.4, -0.2) is 25.0 Å². The molecule has 3 heteroatoms. The number of fused-ring (bicyclic) bond motifs is 1. The molecule has 2 N–H and O–H groups in total. The summed E-state index contributed by atoms with van der Waals surface area (Å²) in [5.74, 6) is 2.48. The van der Waals surface area contributed by atoms with Gasteiger partial charge in [-0.1, -0.05) is 18.2 Å². The van der Waals surface area contributed by atoms with Crippen molar-refractivity contribution in [3.8, 4) is 0 Å². The molecule has 0 amide bonds. The Morgan fingerprint density at radius 2 is 2.06 bits per heavy atom. The largest absolute Gasteiger partial charge is 0.381 e. The van der Waals surface area contributed by atoms with E-state index in [1.54, 1.807) is 0 Å². The lowest BCUT2D eigenvalue weighted by atomic mass is 9.85. The van der Waals surface area contributed by atoms with Crippen molar-refractivity contribution in [2.24, 2.45) is 11.7 Å². The molecule has 1 saturated heterocycles. The highest BCUT2D eigenvalue weighted by atomic mass is 32.2. The van der Waals surface area contributed by atoms with Gasteiger partial charge < -0.3 is 10.5 Å². The van der Waals surface area contributed by atoms with Gasteiger partial charge in [-0.3, -0.25) is 0 Å². The molecule has 0 spiro atoms. The number of rotatable bonds is 3. The Labute approximate surface area is 113 Å². The Hall–Kier alpha value is -0.510. The Balaban J connectivity index is 1.64. The molecule has 18 heavy (non-hydrogen) atoms. The average Bonchev–Trinajstić information content (AvgIpc) is 2.84. The minimum absolute atomic E-state index is 0.309. The van der Waals surface area contributed by atoms with E-state index in [1.807, 2.05) is 11.8 Å². The minimum Gasteiger partial charge on any atom is -0.381 e. The number of ether oxygens (including phenoxy) is 1. The second-order valence-electron chi connectivity index (χ2n) is 5.41. The molecule has 0 bridgehead atoms. The molecule has 98 valence electrons. The smallest absolute Gasteiger partial charge is 0.0468 e. The van der Waals surface area contributed by atoms with Gasteiger partial charge in [0.05, 0.1) is 0 Å². The minimum atomic E-state index is 0.309. The first-order valence-electron chi connectivity index (χ1n) is 6.89. The maximum Gasteiger partial charge on any atom is 0.0468 e. The summed E-state index contributed by atoms with van der Waals surface area (Å²) < 4.78 is 5.42. The van der Waals surface area contributed by atoms with Crippen molar-refractivity contribution in [2.75, 3.05) is 19.0 Å². The molecule has 0 radical (unpaired) electrons. The summed E-state index contributed by atoms with van der Waals surface area (Å²) in [5, 5.41) is 0. The Bertz CT molecular complexity index is 403. The summed E-state index contributed by atoms with van der Waals surface area (Å²) in [4.78, 5) is 1.44. The summed E-state index contributed by atoms with van der Waals surface area (Å²) in [6.07, 6.45) is 3.54. The van der Waals surface area contributed by atoms with Crippen LogP contribution in [0.5, 0.6) is 0 Å². The Kier molecular flexibility index (Phi) is 3.92. The molecule has 0 saturated carbocycles. The van der Waals surface area contributed by atoms with Crippen LogP contribution in [0.1, 0.15) is 30.7 Å². The van der Waals surface area contributed by atoms with Crippen LogP contribution in [-0.2, 0) is 4.74 Å².